The van der Waals surface area contributed by atoms with E-state index in [4.69, 9.17) is 122 Å². The molecule has 4 aliphatic rings. The molecule has 4 fully saturated rings. The third-order valence-corrected chi connectivity index (χ3v) is 22.7. The van der Waals surface area contributed by atoms with Crippen molar-refractivity contribution in [1.29, 1.82) is 0 Å². The van der Waals surface area contributed by atoms with Crippen molar-refractivity contribution in [3.8, 4) is 0 Å². The van der Waals surface area contributed by atoms with Crippen LogP contribution < -0.4 is 44.6 Å². The zero-order valence-corrected chi connectivity index (χ0v) is 77.1. The number of rotatable bonds is 18. The van der Waals surface area contributed by atoms with Crippen LogP contribution in [0.1, 0.15) is 246 Å². The van der Waals surface area contributed by atoms with Crippen LogP contribution in [0.2, 0.25) is 0 Å². The van der Waals surface area contributed by atoms with Gasteiger partial charge in [0.25, 0.3) is 0 Å². The van der Waals surface area contributed by atoms with E-state index < -0.39 is 78.3 Å². The molecule has 0 bridgehead atoms. The maximum atomic E-state index is 10.7. The summed E-state index contributed by atoms with van der Waals surface area (Å²) >= 11 is 0. The van der Waals surface area contributed by atoms with Crippen LogP contribution in [0.15, 0.2) is 37.2 Å². The molecule has 694 valence electrons. The molecule has 6 aromatic rings. The maximum absolute atomic E-state index is 10.7. The van der Waals surface area contributed by atoms with Gasteiger partial charge in [-0.05, 0) is 128 Å². The Morgan fingerprint density at radius 1 is 0.300 bits per heavy atom. The second-order valence-electron chi connectivity index (χ2n) is 27.0. The monoisotopic (exact) mass is 1940 g/mol. The third-order valence-electron chi connectivity index (χ3n) is 15.9. The van der Waals surface area contributed by atoms with Crippen LogP contribution in [0, 0.1) is 9.81 Å². The van der Waals surface area contributed by atoms with Crippen molar-refractivity contribution in [3.63, 3.8) is 0 Å². The number of nitroso groups, excluding NO2 is 2. The quantitative estimate of drug-likeness (QED) is 0.0253. The topological polar surface area (TPSA) is 451 Å². The second-order valence-corrected chi connectivity index (χ2v) is 36.2. The molecule has 0 amide bonds. The number of nitrogens with zero attached hydrogens (tertiary/aromatic N) is 14. The first-order valence-electron chi connectivity index (χ1n) is 37.2. The first-order chi connectivity index (χ1) is 54.4. The van der Waals surface area contributed by atoms with Gasteiger partial charge in [0.05, 0.1) is 34.2 Å². The van der Waals surface area contributed by atoms with Gasteiger partial charge in [0, 0.05) is 129 Å². The van der Waals surface area contributed by atoms with Crippen LogP contribution in [-0.2, 0) is 133 Å². The first-order valence-corrected chi connectivity index (χ1v) is 45.5. The van der Waals surface area contributed by atoms with Gasteiger partial charge < -0.3 is 64.6 Å². The number of hydrogen-bond acceptors (Lipinski definition) is 24. The Hall–Kier alpha value is -5.00. The molecule has 10 rings (SSSR count). The Kier molecular flexibility index (Phi) is 58.2. The normalized spacial score (nSPS) is 14.2. The summed E-state index contributed by atoms with van der Waals surface area (Å²) < 4.78 is 269. The molecule has 4 saturated heterocycles. The molecule has 0 atom stereocenters. The van der Waals surface area contributed by atoms with E-state index in [9.17, 15) is 52.7 Å². The van der Waals surface area contributed by atoms with Gasteiger partial charge in [-0.1, -0.05) is 83.1 Å². The standard InChI is InChI=1S/2C24H39N6P.4C4H8O.4CHF3O3S.2Fe.2NO/c2*1-10-28-13-19(16(4)5)25-22(28)31(23-26-20(17(6)7)14-29(23)11-2)24-27-21(18(8)9)15-30(24)12-3;4*1-2-4-5-3-1;4*2-1(3,4)8(5,6)7;;;2*1-2/h2*13-18H,10-12H2,1-9H3;4*1-4H2;4*(H,5,6,7);;;;/q;;;;;;;;;;2*+2;;/p-4. The predicted molar refractivity (Wildman–Crippen MR) is 418 cm³/mol. The van der Waals surface area contributed by atoms with Gasteiger partial charge in [-0.15, -0.1) is 9.81 Å². The molecule has 0 N–H and O–H groups in total. The van der Waals surface area contributed by atoms with Crippen molar-refractivity contribution in [2.24, 2.45) is 0 Å². The van der Waals surface area contributed by atoms with Crippen molar-refractivity contribution in [1.82, 2.24) is 68.5 Å². The van der Waals surface area contributed by atoms with E-state index in [0.717, 1.165) is 160 Å². The van der Waals surface area contributed by atoms with Gasteiger partial charge in [0.2, 0.25) is 0 Å². The van der Waals surface area contributed by atoms with E-state index in [1.807, 2.05) is 0 Å². The summed E-state index contributed by atoms with van der Waals surface area (Å²) in [4.78, 5) is 45.6. The molecular formula is C68H110F12Fe2N14O18P2S4. The molecule has 4 aliphatic heterocycles. The SMILES string of the molecule is C1CCOC1.C1CCOC1.C1CCOC1.C1CCOC1.CCn1cc(C(C)C)nc1P(c1nc(C(C)C)cn1CC)c1nc(C(C)C)cn1CC.CCn1cc(C(C)C)nc1P(c1nc(C(C)C)cn1CC)c1nc(C(C)C)cn1CC.O=S(=O)([O-])C(F)(F)F.O=S(=O)([O-])C(F)(F)F.O=S(=O)([O-])C(F)(F)F.O=S(=O)([O-])C(F)(F)F.[Fe+2].[Fe+2].[N]=O.[N]=O. The van der Waals surface area contributed by atoms with Crippen molar-refractivity contribution in [2.45, 2.75) is 273 Å². The first kappa shape index (κ1) is 121. The zero-order valence-electron chi connectivity index (χ0n) is 69.9. The van der Waals surface area contributed by atoms with Crippen LogP contribution in [0.3, 0.4) is 0 Å². The molecule has 0 spiro atoms. The van der Waals surface area contributed by atoms with Crippen LogP contribution >= 0.6 is 15.8 Å². The van der Waals surface area contributed by atoms with Gasteiger partial charge in [-0.3, -0.25) is 0 Å². The van der Waals surface area contributed by atoms with E-state index in [1.165, 1.54) is 51.4 Å². The van der Waals surface area contributed by atoms with E-state index >= 15 is 0 Å². The fraction of sp³-hybridized carbons (Fsp3) is 0.735. The number of hydrogen-bond donors (Lipinski definition) is 0. The molecule has 10 heterocycles. The molecular weight excluding hydrogens is 1830 g/mol. The van der Waals surface area contributed by atoms with Gasteiger partial charge in [-0.2, -0.15) is 52.7 Å². The summed E-state index contributed by atoms with van der Waals surface area (Å²) in [6, 6.07) is 0. The minimum Gasteiger partial charge on any atom is -0.741 e. The molecule has 2 radical (unpaired) electrons. The van der Waals surface area contributed by atoms with Crippen molar-refractivity contribution >= 4 is 89.7 Å². The molecule has 0 aliphatic carbocycles. The van der Waals surface area contributed by atoms with Gasteiger partial charge in [0.1, 0.15) is 60.4 Å². The largest absolute Gasteiger partial charge is 2.00 e. The number of halogens is 12. The number of ether oxygens (including phenoxy) is 4. The molecule has 0 unspecified atom stereocenters. The van der Waals surface area contributed by atoms with Gasteiger partial charge in [0.15, 0.2) is 40.5 Å². The van der Waals surface area contributed by atoms with E-state index in [1.54, 1.807) is 0 Å². The van der Waals surface area contributed by atoms with Crippen molar-refractivity contribution in [3.05, 3.63) is 81.2 Å². The third kappa shape index (κ3) is 42.3. The van der Waals surface area contributed by atoms with E-state index in [2.05, 4.69) is 189 Å². The van der Waals surface area contributed by atoms with Crippen LogP contribution in [0.25, 0.3) is 0 Å². The number of alkyl halides is 12. The zero-order chi connectivity index (χ0) is 91.9. The number of aryl methyl sites for hydroxylation is 6. The van der Waals surface area contributed by atoms with Crippen LogP contribution in [-0.4, -0.2) is 184 Å². The van der Waals surface area contributed by atoms with Crippen molar-refractivity contribution in [2.75, 3.05) is 52.9 Å². The maximum Gasteiger partial charge on any atom is 2.00 e. The second kappa shape index (κ2) is 57.6. The fourth-order valence-electron chi connectivity index (χ4n) is 9.27. The molecule has 52 heteroatoms. The number of aromatic nitrogens is 12. The summed E-state index contributed by atoms with van der Waals surface area (Å²) in [7, 11) is -26.3. The summed E-state index contributed by atoms with van der Waals surface area (Å²) in [5.41, 5.74) is 2.38. The smallest absolute Gasteiger partial charge is 0.741 e. The fourth-order valence-corrected chi connectivity index (χ4v) is 14.4. The predicted octanol–water partition coefficient (Wildman–Crippen LogP) is 11.4. The Morgan fingerprint density at radius 2 is 0.400 bits per heavy atom. The van der Waals surface area contributed by atoms with E-state index in [0.29, 0.717) is 35.5 Å². The Morgan fingerprint density at radius 3 is 0.458 bits per heavy atom. The van der Waals surface area contributed by atoms with Gasteiger partial charge >= 0.3 is 56.2 Å². The summed E-state index contributed by atoms with van der Waals surface area (Å²) in [5, 5.41) is 0. The Bertz CT molecular complexity index is 3640. The molecule has 32 nitrogen and oxygen atoms in total. The molecule has 0 aromatic carbocycles. The minimum atomic E-state index is -6.09. The van der Waals surface area contributed by atoms with Crippen molar-refractivity contribution < 1.29 is 158 Å². The average Bonchev–Trinajstić information content (AvgIpc) is 1.61. The van der Waals surface area contributed by atoms with E-state index in [-0.39, 0.29) is 34.1 Å². The molecule has 120 heavy (non-hydrogen) atoms. The number of imidazole rings is 6. The average molecular weight is 1940 g/mol. The Balaban J connectivity index is -0.000000686. The van der Waals surface area contributed by atoms with Crippen LogP contribution in [0.4, 0.5) is 52.7 Å². The van der Waals surface area contributed by atoms with Gasteiger partial charge in [-0.25, -0.2) is 63.6 Å². The summed E-state index contributed by atoms with van der Waals surface area (Å²) in [6.07, 6.45) is 23.6. The molecule has 6 aromatic heterocycles. The molecule has 0 saturated carbocycles. The minimum absolute atomic E-state index is 0. The Labute approximate surface area is 718 Å². The summed E-state index contributed by atoms with van der Waals surface area (Å²) in [6.45, 7) is 53.0. The van der Waals surface area contributed by atoms with Crippen LogP contribution in [0.5, 0.6) is 0 Å². The summed E-state index contributed by atoms with van der Waals surface area (Å²) in [5.74, 6) is 2.32.